The Kier molecular flexibility index (Phi) is 13.6. The third-order valence-electron chi connectivity index (χ3n) is 9.52. The van der Waals surface area contributed by atoms with Crippen LogP contribution in [-0.2, 0) is 16.1 Å². The van der Waals surface area contributed by atoms with Crippen molar-refractivity contribution in [2.75, 3.05) is 12.4 Å². The number of nitrogens with one attached hydrogen (secondary N) is 2. The molecule has 2 heterocycles. The number of hydrogen-bond acceptors (Lipinski definition) is 6. The van der Waals surface area contributed by atoms with E-state index in [0.717, 1.165) is 28.3 Å². The second-order valence-corrected chi connectivity index (χ2v) is 15.7. The van der Waals surface area contributed by atoms with Crippen molar-refractivity contribution >= 4 is 74.2 Å². The highest BCUT2D eigenvalue weighted by Gasteiger charge is 2.62. The molecule has 0 aliphatic heterocycles. The van der Waals surface area contributed by atoms with E-state index in [1.165, 1.54) is 23.9 Å². The smallest absolute Gasteiger partial charge is 0.426 e. The van der Waals surface area contributed by atoms with E-state index in [9.17, 15) is 27.6 Å². The van der Waals surface area contributed by atoms with Crippen molar-refractivity contribution in [1.29, 1.82) is 0 Å². The van der Waals surface area contributed by atoms with Crippen LogP contribution in [-0.4, -0.2) is 45.8 Å². The van der Waals surface area contributed by atoms with Gasteiger partial charge in [-0.25, -0.2) is 9.67 Å². The zero-order chi connectivity index (χ0) is 41.8. The second kappa shape index (κ2) is 17.8. The van der Waals surface area contributed by atoms with Crippen molar-refractivity contribution in [1.82, 2.24) is 20.1 Å². The van der Waals surface area contributed by atoms with E-state index in [1.807, 2.05) is 55.5 Å². The monoisotopic (exact) mass is 903 g/mol. The van der Waals surface area contributed by atoms with Crippen LogP contribution in [0.25, 0.3) is 16.9 Å². The van der Waals surface area contributed by atoms with Crippen LogP contribution < -0.4 is 10.6 Å². The molecule has 2 N–H and O–H groups in total. The standard InChI is InChI=1S/C23H22ClF3O2.C18H14BrCl2N5O2/c1-14-16(10-7-11-17(14)15-8-5-4-6-9-15)13-29-21(28)20-18(22(20,2)3)12-19(24)23(25,26)27;1-9-6-10(20)7-11(17(27)22-2)15(9)24-18(28)13-8-14(19)25-26(13)16-12(21)4-3-5-23-16/h4-12,18,20H,13H2,1-3H3;3-8H,1-2H3,(H,22,27)(H,24,28)/b19-12-;. The Hall–Kier alpha value is -4.69. The third-order valence-corrected chi connectivity index (χ3v) is 10.8. The number of alkyl halides is 3. The van der Waals surface area contributed by atoms with Crippen molar-refractivity contribution in [2.45, 2.75) is 40.5 Å². The van der Waals surface area contributed by atoms with Crippen molar-refractivity contribution in [3.63, 3.8) is 0 Å². The fourth-order valence-corrected chi connectivity index (χ4v) is 7.29. The van der Waals surface area contributed by atoms with Crippen molar-refractivity contribution in [3.05, 3.63) is 139 Å². The molecule has 6 rings (SSSR count). The Morgan fingerprint density at radius 2 is 1.68 bits per heavy atom. The number of hydrogen-bond donors (Lipinski definition) is 2. The molecule has 2 atom stereocenters. The summed E-state index contributed by atoms with van der Waals surface area (Å²) in [4.78, 5) is 41.9. The summed E-state index contributed by atoms with van der Waals surface area (Å²) in [6, 6.07) is 23.6. The predicted molar refractivity (Wildman–Crippen MR) is 219 cm³/mol. The van der Waals surface area contributed by atoms with E-state index in [2.05, 4.69) is 36.6 Å². The predicted octanol–water partition coefficient (Wildman–Crippen LogP) is 10.9. The molecule has 57 heavy (non-hydrogen) atoms. The lowest BCUT2D eigenvalue weighted by Crippen LogP contribution is -2.23. The molecule has 1 aliphatic rings. The first-order valence-corrected chi connectivity index (χ1v) is 19.2. The topological polar surface area (TPSA) is 115 Å². The number of aryl methyl sites for hydroxylation is 1. The number of esters is 1. The van der Waals surface area contributed by atoms with E-state index in [1.54, 1.807) is 45.2 Å². The van der Waals surface area contributed by atoms with Crippen molar-refractivity contribution in [2.24, 2.45) is 17.3 Å². The van der Waals surface area contributed by atoms with Gasteiger partial charge in [-0.1, -0.05) is 103 Å². The first kappa shape index (κ1) is 43.4. The molecule has 16 heteroatoms. The van der Waals surface area contributed by atoms with E-state index in [-0.39, 0.29) is 23.8 Å². The van der Waals surface area contributed by atoms with Gasteiger partial charge in [0.1, 0.15) is 21.9 Å². The highest BCUT2D eigenvalue weighted by molar-refractivity contribution is 9.10. The van der Waals surface area contributed by atoms with Gasteiger partial charge in [0.25, 0.3) is 11.8 Å². The van der Waals surface area contributed by atoms with Crippen LogP contribution in [0, 0.1) is 31.1 Å². The third kappa shape index (κ3) is 10.1. The van der Waals surface area contributed by atoms with Crippen LogP contribution in [0.3, 0.4) is 0 Å². The molecule has 5 aromatic rings. The van der Waals surface area contributed by atoms with Gasteiger partial charge in [0.2, 0.25) is 0 Å². The van der Waals surface area contributed by atoms with Crippen molar-refractivity contribution in [3.8, 4) is 16.9 Å². The molecule has 0 saturated heterocycles. The fourth-order valence-electron chi connectivity index (χ4n) is 6.31. The van der Waals surface area contributed by atoms with Crippen LogP contribution in [0.1, 0.15) is 51.4 Å². The zero-order valence-corrected chi connectivity index (χ0v) is 35.0. The largest absolute Gasteiger partial charge is 0.461 e. The van der Waals surface area contributed by atoms with E-state index < -0.39 is 40.3 Å². The number of carbonyl (C=O) groups is 3. The highest BCUT2D eigenvalue weighted by atomic mass is 79.9. The summed E-state index contributed by atoms with van der Waals surface area (Å²) >= 11 is 20.9. The minimum absolute atomic E-state index is 0.0708. The molecule has 2 unspecified atom stereocenters. The van der Waals surface area contributed by atoms with Crippen LogP contribution in [0.2, 0.25) is 10.0 Å². The van der Waals surface area contributed by atoms with Gasteiger partial charge in [0.05, 0.1) is 22.2 Å². The Balaban J connectivity index is 0.000000218. The number of pyridine rings is 1. The summed E-state index contributed by atoms with van der Waals surface area (Å²) in [5.74, 6) is -2.30. The normalized spacial score (nSPS) is 15.9. The first-order chi connectivity index (χ1) is 26.8. The Labute approximate surface area is 350 Å². The maximum atomic E-state index is 13.0. The second-order valence-electron chi connectivity index (χ2n) is 13.7. The molecule has 1 saturated carbocycles. The molecule has 298 valence electrons. The Morgan fingerprint density at radius 3 is 2.33 bits per heavy atom. The molecule has 1 aliphatic carbocycles. The molecule has 2 amide bonds. The average molecular weight is 906 g/mol. The highest BCUT2D eigenvalue weighted by Crippen LogP contribution is 2.60. The summed E-state index contributed by atoms with van der Waals surface area (Å²) in [7, 11) is 1.50. The van der Waals surface area contributed by atoms with Gasteiger partial charge in [0.15, 0.2) is 5.82 Å². The van der Waals surface area contributed by atoms with E-state index in [4.69, 9.17) is 39.5 Å². The number of anilines is 1. The summed E-state index contributed by atoms with van der Waals surface area (Å²) in [5, 5.41) is 9.07. The molecule has 0 radical (unpaired) electrons. The summed E-state index contributed by atoms with van der Waals surface area (Å²) < 4.78 is 45.3. The summed E-state index contributed by atoms with van der Waals surface area (Å²) in [5.41, 5.74) is 4.77. The molecule has 0 spiro atoms. The minimum atomic E-state index is -4.61. The van der Waals surface area contributed by atoms with Crippen LogP contribution >= 0.6 is 50.7 Å². The molecule has 9 nitrogen and oxygen atoms in total. The Morgan fingerprint density at radius 1 is 0.982 bits per heavy atom. The molecular weight excluding hydrogens is 870 g/mol. The lowest BCUT2D eigenvalue weighted by atomic mass is 9.97. The number of rotatable bonds is 9. The van der Waals surface area contributed by atoms with E-state index in [0.29, 0.717) is 31.7 Å². The van der Waals surface area contributed by atoms with Gasteiger partial charge in [0, 0.05) is 24.3 Å². The maximum absolute atomic E-state index is 13.0. The van der Waals surface area contributed by atoms with Gasteiger partial charge < -0.3 is 15.4 Å². The number of benzene rings is 3. The van der Waals surface area contributed by atoms with Crippen molar-refractivity contribution < 1.29 is 32.3 Å². The van der Waals surface area contributed by atoms with Gasteiger partial charge >= 0.3 is 12.1 Å². The maximum Gasteiger partial charge on any atom is 0.426 e. The summed E-state index contributed by atoms with van der Waals surface area (Å²) in [6.45, 7) is 7.25. The number of amides is 2. The Bertz CT molecular complexity index is 2350. The van der Waals surface area contributed by atoms with Gasteiger partial charge in [-0.3, -0.25) is 14.4 Å². The average Bonchev–Trinajstić information content (AvgIpc) is 3.47. The SMILES string of the molecule is CNC(=O)c1cc(Cl)cc(C)c1NC(=O)c1cc(Br)nn1-c1ncccc1Cl.Cc1c(COC(=O)C2C(/C=C(\Cl)C(F)(F)F)C2(C)C)cccc1-c1ccccc1. The molecule has 3 aromatic carbocycles. The molecule has 1 fully saturated rings. The van der Waals surface area contributed by atoms with Gasteiger partial charge in [-0.2, -0.15) is 18.3 Å². The van der Waals surface area contributed by atoms with Crippen LogP contribution in [0.5, 0.6) is 0 Å². The number of carbonyl (C=O) groups excluding carboxylic acids is 3. The fraction of sp³-hybridized carbons (Fsp3) is 0.244. The first-order valence-electron chi connectivity index (χ1n) is 17.3. The summed E-state index contributed by atoms with van der Waals surface area (Å²) in [6.07, 6.45) is -2.13. The quantitative estimate of drug-likeness (QED) is 0.142. The number of ether oxygens (including phenoxy) is 1. The van der Waals surface area contributed by atoms with Gasteiger partial charge in [-0.15, -0.1) is 0 Å². The van der Waals surface area contributed by atoms with E-state index >= 15 is 0 Å². The lowest BCUT2D eigenvalue weighted by molar-refractivity contribution is -0.147. The molecular formula is C41H36BrCl3F3N5O4. The number of allylic oxidation sites excluding steroid dienone is 2. The number of halogens is 7. The lowest BCUT2D eigenvalue weighted by Gasteiger charge is -2.14. The van der Waals surface area contributed by atoms with Crippen LogP contribution in [0.15, 0.2) is 101 Å². The zero-order valence-electron chi connectivity index (χ0n) is 31.1. The molecule has 0 bridgehead atoms. The minimum Gasteiger partial charge on any atom is -0.461 e. The molecule has 2 aromatic heterocycles. The number of aromatic nitrogens is 3. The van der Waals surface area contributed by atoms with Gasteiger partial charge in [-0.05, 0) is 93.2 Å². The number of nitrogens with zero attached hydrogens (tertiary/aromatic N) is 3. The van der Waals surface area contributed by atoms with Crippen LogP contribution in [0.4, 0.5) is 18.9 Å².